The van der Waals surface area contributed by atoms with Crippen molar-refractivity contribution in [2.24, 2.45) is 0 Å². The summed E-state index contributed by atoms with van der Waals surface area (Å²) in [5.41, 5.74) is -0.222. The largest absolute Gasteiger partial charge is 0.481 e. The van der Waals surface area contributed by atoms with Gasteiger partial charge in [0.05, 0.1) is 20.3 Å². The van der Waals surface area contributed by atoms with Crippen LogP contribution in [-0.2, 0) is 0 Å². The van der Waals surface area contributed by atoms with Gasteiger partial charge in [0.2, 0.25) is 11.8 Å². The monoisotopic (exact) mass is 446 g/mol. The van der Waals surface area contributed by atoms with Gasteiger partial charge in [0.1, 0.15) is 22.9 Å². The Bertz CT molecular complexity index is 1070. The molecule has 0 unspecified atom stereocenters. The number of halogens is 2. The van der Waals surface area contributed by atoms with Crippen LogP contribution in [0.4, 0.5) is 14.5 Å². The van der Waals surface area contributed by atoms with E-state index in [1.165, 1.54) is 20.3 Å². The molecule has 0 saturated heterocycles. The predicted octanol–water partition coefficient (Wildman–Crippen LogP) is 3.69. The minimum absolute atomic E-state index is 0.0200. The number of nitrogens with zero attached hydrogens (tertiary/aromatic N) is 2. The van der Waals surface area contributed by atoms with E-state index in [1.807, 2.05) is 0 Å². The summed E-state index contributed by atoms with van der Waals surface area (Å²) >= 11 is 5.02. The highest BCUT2D eigenvalue weighted by molar-refractivity contribution is 7.80. The molecule has 8 nitrogen and oxygen atoms in total. The number of amides is 1. The standard InChI is InChI=1S/C20H16F2N4O4S/c1-28-15-10-16(29-2)25-19(24-15)30-12-8-6-11(7-9-12)23-20(31)26-18(27)17-13(21)4-3-5-14(17)22/h3-10H,1-2H3,(H2,23,26,27,31). The molecule has 0 atom stereocenters. The van der Waals surface area contributed by atoms with Gasteiger partial charge in [-0.05, 0) is 48.6 Å². The van der Waals surface area contributed by atoms with Gasteiger partial charge in [-0.3, -0.25) is 10.1 Å². The Kier molecular flexibility index (Phi) is 6.88. The number of carbonyl (C=O) groups is 1. The zero-order valence-electron chi connectivity index (χ0n) is 16.3. The van der Waals surface area contributed by atoms with E-state index in [9.17, 15) is 13.6 Å². The van der Waals surface area contributed by atoms with Gasteiger partial charge >= 0.3 is 6.01 Å². The van der Waals surface area contributed by atoms with Crippen LogP contribution in [-0.4, -0.2) is 35.2 Å². The van der Waals surface area contributed by atoms with Crippen LogP contribution in [0, 0.1) is 11.6 Å². The van der Waals surface area contributed by atoms with E-state index < -0.39 is 23.1 Å². The fourth-order valence-corrected chi connectivity index (χ4v) is 2.60. The number of rotatable bonds is 6. The quantitative estimate of drug-likeness (QED) is 0.554. The highest BCUT2D eigenvalue weighted by Gasteiger charge is 2.18. The maximum Gasteiger partial charge on any atom is 0.328 e. The molecule has 0 fully saturated rings. The van der Waals surface area contributed by atoms with Gasteiger partial charge in [-0.25, -0.2) is 8.78 Å². The molecule has 1 heterocycles. The number of methoxy groups -OCH3 is 2. The van der Waals surface area contributed by atoms with Gasteiger partial charge < -0.3 is 19.5 Å². The normalized spacial score (nSPS) is 10.2. The van der Waals surface area contributed by atoms with Crippen molar-refractivity contribution in [3.05, 3.63) is 65.7 Å². The Morgan fingerprint density at radius 1 is 0.968 bits per heavy atom. The van der Waals surface area contributed by atoms with E-state index in [1.54, 1.807) is 24.3 Å². The third kappa shape index (κ3) is 5.60. The lowest BCUT2D eigenvalue weighted by molar-refractivity contribution is 0.0969. The highest BCUT2D eigenvalue weighted by atomic mass is 32.1. The highest BCUT2D eigenvalue weighted by Crippen LogP contribution is 2.24. The van der Waals surface area contributed by atoms with Crippen LogP contribution in [0.1, 0.15) is 10.4 Å². The van der Waals surface area contributed by atoms with Crippen molar-refractivity contribution >= 4 is 28.9 Å². The fourth-order valence-electron chi connectivity index (χ4n) is 2.39. The summed E-state index contributed by atoms with van der Waals surface area (Å²) in [5.74, 6) is -2.03. The van der Waals surface area contributed by atoms with Gasteiger partial charge in [-0.1, -0.05) is 6.07 Å². The number of ether oxygens (including phenoxy) is 3. The molecule has 0 aliphatic rings. The second-order valence-corrected chi connectivity index (χ2v) is 6.27. The van der Waals surface area contributed by atoms with Crippen LogP contribution in [0.25, 0.3) is 0 Å². The molecule has 3 rings (SSSR count). The molecule has 0 bridgehead atoms. The second-order valence-electron chi connectivity index (χ2n) is 5.87. The van der Waals surface area contributed by atoms with Crippen molar-refractivity contribution in [2.75, 3.05) is 19.5 Å². The van der Waals surface area contributed by atoms with Crippen LogP contribution in [0.15, 0.2) is 48.5 Å². The molecule has 0 spiro atoms. The lowest BCUT2D eigenvalue weighted by Gasteiger charge is -2.11. The zero-order chi connectivity index (χ0) is 22.4. The molecular weight excluding hydrogens is 430 g/mol. The van der Waals surface area contributed by atoms with Crippen LogP contribution in [0.2, 0.25) is 0 Å². The summed E-state index contributed by atoms with van der Waals surface area (Å²) in [6, 6.07) is 11.0. The van der Waals surface area contributed by atoms with Crippen molar-refractivity contribution in [1.29, 1.82) is 0 Å². The molecule has 160 valence electrons. The maximum absolute atomic E-state index is 13.7. The molecule has 0 radical (unpaired) electrons. The fraction of sp³-hybridized carbons (Fsp3) is 0.100. The number of hydrogen-bond donors (Lipinski definition) is 2. The molecule has 0 aliphatic carbocycles. The predicted molar refractivity (Wildman–Crippen MR) is 112 cm³/mol. The van der Waals surface area contributed by atoms with Crippen molar-refractivity contribution in [3.63, 3.8) is 0 Å². The molecule has 31 heavy (non-hydrogen) atoms. The van der Waals surface area contributed by atoms with Gasteiger partial charge in [0.25, 0.3) is 5.91 Å². The number of carbonyl (C=O) groups excluding carboxylic acids is 1. The first kappa shape index (κ1) is 21.8. The first-order valence-electron chi connectivity index (χ1n) is 8.71. The number of hydrogen-bond acceptors (Lipinski definition) is 7. The van der Waals surface area contributed by atoms with Gasteiger partial charge in [0, 0.05) is 5.69 Å². The average molecular weight is 446 g/mol. The van der Waals surface area contributed by atoms with E-state index in [0.717, 1.165) is 18.2 Å². The Labute approximate surface area is 181 Å². The first-order chi connectivity index (χ1) is 14.9. The molecule has 1 amide bonds. The summed E-state index contributed by atoms with van der Waals surface area (Å²) in [5, 5.41) is 4.83. The van der Waals surface area contributed by atoms with Crippen LogP contribution >= 0.6 is 12.2 Å². The average Bonchev–Trinajstić information content (AvgIpc) is 2.74. The third-order valence-corrected chi connectivity index (χ3v) is 4.02. The Morgan fingerprint density at radius 2 is 1.55 bits per heavy atom. The number of anilines is 1. The van der Waals surface area contributed by atoms with E-state index in [0.29, 0.717) is 11.4 Å². The summed E-state index contributed by atoms with van der Waals surface area (Å²) in [6.45, 7) is 0. The molecule has 1 aromatic heterocycles. The number of benzene rings is 2. The molecule has 2 N–H and O–H groups in total. The van der Waals surface area contributed by atoms with Gasteiger partial charge in [-0.15, -0.1) is 0 Å². The third-order valence-electron chi connectivity index (χ3n) is 3.82. The van der Waals surface area contributed by atoms with E-state index in [-0.39, 0.29) is 22.9 Å². The number of thiocarbonyl (C=S) groups is 1. The SMILES string of the molecule is COc1cc(OC)nc(Oc2ccc(NC(=S)NC(=O)c3c(F)cccc3F)cc2)n1. The van der Waals surface area contributed by atoms with E-state index in [2.05, 4.69) is 20.6 Å². The minimum atomic E-state index is -1.00. The number of nitrogens with one attached hydrogen (secondary N) is 2. The number of aromatic nitrogens is 2. The second kappa shape index (κ2) is 9.76. The van der Waals surface area contributed by atoms with Crippen molar-refractivity contribution < 1.29 is 27.8 Å². The van der Waals surface area contributed by atoms with E-state index in [4.69, 9.17) is 26.4 Å². The van der Waals surface area contributed by atoms with Gasteiger partial charge in [0.15, 0.2) is 5.11 Å². The summed E-state index contributed by atoms with van der Waals surface area (Å²) in [7, 11) is 2.91. The van der Waals surface area contributed by atoms with Crippen LogP contribution in [0.3, 0.4) is 0 Å². The summed E-state index contributed by atoms with van der Waals surface area (Å²) in [6.07, 6.45) is 0. The topological polar surface area (TPSA) is 94.6 Å². The van der Waals surface area contributed by atoms with Crippen molar-refractivity contribution in [1.82, 2.24) is 15.3 Å². The summed E-state index contributed by atoms with van der Waals surface area (Å²) in [4.78, 5) is 20.2. The van der Waals surface area contributed by atoms with Crippen LogP contribution < -0.4 is 24.8 Å². The lowest BCUT2D eigenvalue weighted by Crippen LogP contribution is -2.35. The Hall–Kier alpha value is -3.86. The molecule has 3 aromatic rings. The molecule has 0 aliphatic heterocycles. The molecule has 11 heteroatoms. The molecular formula is C20H16F2N4O4S. The smallest absolute Gasteiger partial charge is 0.328 e. The first-order valence-corrected chi connectivity index (χ1v) is 9.11. The summed E-state index contributed by atoms with van der Waals surface area (Å²) < 4.78 is 43.1. The zero-order valence-corrected chi connectivity index (χ0v) is 17.1. The molecule has 2 aromatic carbocycles. The minimum Gasteiger partial charge on any atom is -0.481 e. The van der Waals surface area contributed by atoms with E-state index >= 15 is 0 Å². The van der Waals surface area contributed by atoms with Gasteiger partial charge in [-0.2, -0.15) is 9.97 Å². The lowest BCUT2D eigenvalue weighted by atomic mass is 10.2. The Balaban J connectivity index is 1.63. The maximum atomic E-state index is 13.7. The van der Waals surface area contributed by atoms with Crippen molar-refractivity contribution in [2.45, 2.75) is 0 Å². The van der Waals surface area contributed by atoms with Crippen molar-refractivity contribution in [3.8, 4) is 23.5 Å². The van der Waals surface area contributed by atoms with Crippen LogP contribution in [0.5, 0.6) is 23.5 Å². The Morgan fingerprint density at radius 3 is 2.10 bits per heavy atom. The molecule has 0 saturated carbocycles.